The van der Waals surface area contributed by atoms with Crippen molar-refractivity contribution in [2.75, 3.05) is 0 Å². The van der Waals surface area contributed by atoms with Gasteiger partial charge in [0.2, 0.25) is 15.5 Å². The van der Waals surface area contributed by atoms with Crippen molar-refractivity contribution in [3.63, 3.8) is 0 Å². The number of hydrogen-bond donors (Lipinski definition) is 2. The number of hydrogen-bond acceptors (Lipinski definition) is 3. The fraction of sp³-hybridized carbons (Fsp3) is 0.583. The van der Waals surface area contributed by atoms with Crippen LogP contribution in [-0.2, 0) is 10.0 Å². The Morgan fingerprint density at radius 3 is 2.33 bits per heavy atom. The maximum absolute atomic E-state index is 12.2. The Morgan fingerprint density at radius 1 is 1.22 bits per heavy atom. The van der Waals surface area contributed by atoms with Gasteiger partial charge in [-0.2, -0.15) is 0 Å². The SMILES string of the molecule is O=c1cc[nH]cc1S(=O)(=O)NC(C1CC1)C1CC1. The van der Waals surface area contributed by atoms with Crippen molar-refractivity contribution in [3.05, 3.63) is 28.7 Å². The van der Waals surface area contributed by atoms with Crippen LogP contribution in [0.2, 0.25) is 0 Å². The summed E-state index contributed by atoms with van der Waals surface area (Å²) in [6.07, 6.45) is 7.05. The molecule has 3 rings (SSSR count). The van der Waals surface area contributed by atoms with Crippen molar-refractivity contribution < 1.29 is 8.42 Å². The van der Waals surface area contributed by atoms with Crippen molar-refractivity contribution in [1.29, 1.82) is 0 Å². The quantitative estimate of drug-likeness (QED) is 0.830. The summed E-state index contributed by atoms with van der Waals surface area (Å²) in [5, 5.41) is 0. The fourth-order valence-electron chi connectivity index (χ4n) is 2.34. The number of nitrogens with one attached hydrogen (secondary N) is 2. The van der Waals surface area contributed by atoms with Gasteiger partial charge in [-0.05, 0) is 37.5 Å². The molecule has 2 N–H and O–H groups in total. The van der Waals surface area contributed by atoms with Gasteiger partial charge in [0, 0.05) is 24.5 Å². The molecular weight excluding hydrogens is 252 g/mol. The van der Waals surface area contributed by atoms with E-state index in [1.807, 2.05) is 0 Å². The van der Waals surface area contributed by atoms with E-state index < -0.39 is 15.5 Å². The Balaban J connectivity index is 1.86. The average molecular weight is 268 g/mol. The Kier molecular flexibility index (Phi) is 2.79. The normalized spacial score (nSPS) is 20.3. The third kappa shape index (κ3) is 2.35. The van der Waals surface area contributed by atoms with Crippen LogP contribution in [0.25, 0.3) is 0 Å². The molecule has 2 fully saturated rings. The van der Waals surface area contributed by atoms with Crippen LogP contribution in [0.1, 0.15) is 25.7 Å². The van der Waals surface area contributed by atoms with Gasteiger partial charge >= 0.3 is 0 Å². The highest BCUT2D eigenvalue weighted by Gasteiger charge is 2.43. The predicted molar refractivity (Wildman–Crippen MR) is 66.6 cm³/mol. The molecule has 2 saturated carbocycles. The lowest BCUT2D eigenvalue weighted by molar-refractivity contribution is 0.471. The summed E-state index contributed by atoms with van der Waals surface area (Å²) >= 11 is 0. The lowest BCUT2D eigenvalue weighted by atomic mass is 10.1. The summed E-state index contributed by atoms with van der Waals surface area (Å²) in [4.78, 5) is 14.0. The molecule has 6 heteroatoms. The van der Waals surface area contributed by atoms with Crippen LogP contribution in [0.4, 0.5) is 0 Å². The summed E-state index contributed by atoms with van der Waals surface area (Å²) in [6, 6.07) is 1.26. The lowest BCUT2D eigenvalue weighted by Crippen LogP contribution is -2.39. The van der Waals surface area contributed by atoms with E-state index in [0.717, 1.165) is 25.7 Å². The average Bonchev–Trinajstić information content (AvgIpc) is 3.17. The van der Waals surface area contributed by atoms with Crippen LogP contribution in [0.3, 0.4) is 0 Å². The largest absolute Gasteiger partial charge is 0.366 e. The smallest absolute Gasteiger partial charge is 0.246 e. The first-order valence-corrected chi connectivity index (χ1v) is 7.76. The fourth-order valence-corrected chi connectivity index (χ4v) is 3.77. The van der Waals surface area contributed by atoms with Crippen molar-refractivity contribution in [3.8, 4) is 0 Å². The van der Waals surface area contributed by atoms with Gasteiger partial charge in [0.1, 0.15) is 4.90 Å². The second kappa shape index (κ2) is 4.20. The Labute approximate surface area is 106 Å². The molecule has 1 aromatic rings. The van der Waals surface area contributed by atoms with E-state index in [4.69, 9.17) is 0 Å². The zero-order chi connectivity index (χ0) is 12.8. The predicted octanol–water partition coefficient (Wildman–Crippen LogP) is 0.842. The standard InChI is InChI=1S/C12H16N2O3S/c15-10-5-6-13-7-11(10)18(16,17)14-12(8-1-2-8)9-3-4-9/h5-9,12,14H,1-4H2,(H,13,15). The van der Waals surface area contributed by atoms with Crippen LogP contribution < -0.4 is 10.2 Å². The molecule has 5 nitrogen and oxygen atoms in total. The van der Waals surface area contributed by atoms with Crippen molar-refractivity contribution >= 4 is 10.0 Å². The van der Waals surface area contributed by atoms with E-state index in [2.05, 4.69) is 9.71 Å². The van der Waals surface area contributed by atoms with Crippen LogP contribution in [0, 0.1) is 11.8 Å². The number of aromatic nitrogens is 1. The first-order valence-electron chi connectivity index (χ1n) is 6.27. The minimum Gasteiger partial charge on any atom is -0.366 e. The number of pyridine rings is 1. The van der Waals surface area contributed by atoms with E-state index >= 15 is 0 Å². The molecule has 1 heterocycles. The summed E-state index contributed by atoms with van der Waals surface area (Å²) in [5.41, 5.74) is -0.466. The van der Waals surface area contributed by atoms with Gasteiger partial charge in [-0.1, -0.05) is 0 Å². The maximum Gasteiger partial charge on any atom is 0.246 e. The molecule has 0 aromatic carbocycles. The molecule has 0 atom stereocenters. The third-order valence-electron chi connectivity index (χ3n) is 3.63. The maximum atomic E-state index is 12.2. The van der Waals surface area contributed by atoms with E-state index in [1.165, 1.54) is 18.5 Å². The molecule has 98 valence electrons. The van der Waals surface area contributed by atoms with Crippen LogP contribution >= 0.6 is 0 Å². The second-order valence-corrected chi connectivity index (χ2v) is 6.88. The number of H-pyrrole nitrogens is 1. The molecule has 0 bridgehead atoms. The topological polar surface area (TPSA) is 79.0 Å². The summed E-state index contributed by atoms with van der Waals surface area (Å²) in [7, 11) is -3.69. The van der Waals surface area contributed by atoms with Gasteiger partial charge < -0.3 is 4.98 Å². The van der Waals surface area contributed by atoms with Gasteiger partial charge in [0.25, 0.3) is 0 Å². The van der Waals surface area contributed by atoms with E-state index in [-0.39, 0.29) is 10.9 Å². The van der Waals surface area contributed by atoms with Gasteiger partial charge in [-0.25, -0.2) is 13.1 Å². The molecular formula is C12H16N2O3S. The van der Waals surface area contributed by atoms with E-state index in [9.17, 15) is 13.2 Å². The summed E-state index contributed by atoms with van der Waals surface area (Å²) in [5.74, 6) is 0.935. The summed E-state index contributed by atoms with van der Waals surface area (Å²) in [6.45, 7) is 0. The van der Waals surface area contributed by atoms with E-state index in [1.54, 1.807) is 0 Å². The van der Waals surface area contributed by atoms with Gasteiger partial charge in [-0.15, -0.1) is 0 Å². The Hall–Kier alpha value is -1.14. The van der Waals surface area contributed by atoms with Crippen LogP contribution in [0.5, 0.6) is 0 Å². The first kappa shape index (κ1) is 11.9. The zero-order valence-electron chi connectivity index (χ0n) is 9.93. The Morgan fingerprint density at radius 2 is 1.83 bits per heavy atom. The highest BCUT2D eigenvalue weighted by atomic mass is 32.2. The monoisotopic (exact) mass is 268 g/mol. The molecule has 18 heavy (non-hydrogen) atoms. The molecule has 0 unspecified atom stereocenters. The van der Waals surface area contributed by atoms with Crippen molar-refractivity contribution in [2.24, 2.45) is 11.8 Å². The minimum absolute atomic E-state index is 0.0228. The first-order chi connectivity index (χ1) is 8.58. The molecule has 1 aromatic heterocycles. The number of sulfonamides is 1. The number of aromatic amines is 1. The molecule has 0 spiro atoms. The molecule has 2 aliphatic rings. The third-order valence-corrected chi connectivity index (χ3v) is 5.11. The molecule has 0 amide bonds. The van der Waals surface area contributed by atoms with Gasteiger partial charge in [0.05, 0.1) is 0 Å². The van der Waals surface area contributed by atoms with E-state index in [0.29, 0.717) is 11.8 Å². The van der Waals surface area contributed by atoms with Crippen LogP contribution in [-0.4, -0.2) is 19.4 Å². The highest BCUT2D eigenvalue weighted by Crippen LogP contribution is 2.44. The lowest BCUT2D eigenvalue weighted by Gasteiger charge is -2.17. The molecule has 0 radical (unpaired) electrons. The Bertz CT molecular complexity index is 588. The van der Waals surface area contributed by atoms with Gasteiger partial charge in [-0.3, -0.25) is 4.79 Å². The zero-order valence-corrected chi connectivity index (χ0v) is 10.7. The minimum atomic E-state index is -3.69. The second-order valence-electron chi connectivity index (χ2n) is 5.19. The van der Waals surface area contributed by atoms with Gasteiger partial charge in [0.15, 0.2) is 0 Å². The number of rotatable bonds is 5. The summed E-state index contributed by atoms with van der Waals surface area (Å²) < 4.78 is 27.1. The van der Waals surface area contributed by atoms with Crippen molar-refractivity contribution in [2.45, 2.75) is 36.6 Å². The highest BCUT2D eigenvalue weighted by molar-refractivity contribution is 7.89. The molecule has 0 aliphatic heterocycles. The molecule has 2 aliphatic carbocycles. The molecule has 0 saturated heterocycles. The van der Waals surface area contributed by atoms with Crippen molar-refractivity contribution in [1.82, 2.24) is 9.71 Å². The van der Waals surface area contributed by atoms with Crippen LogP contribution in [0.15, 0.2) is 28.2 Å².